The highest BCUT2D eigenvalue weighted by Gasteiger charge is 2.29. The quantitative estimate of drug-likeness (QED) is 0.102. The van der Waals surface area contributed by atoms with Crippen LogP contribution in [0.4, 0.5) is 0 Å². The van der Waals surface area contributed by atoms with Crippen molar-refractivity contribution in [2.45, 2.75) is 66.2 Å². The van der Waals surface area contributed by atoms with Crippen molar-refractivity contribution in [1.29, 1.82) is 0 Å². The molecule has 0 bridgehead atoms. The molecule has 4 aromatic rings. The summed E-state index contributed by atoms with van der Waals surface area (Å²) in [6, 6.07) is 3.51. The second-order valence-corrected chi connectivity index (χ2v) is 9.99. The number of carbonyl (C=O) groups is 2. The molecule has 0 amide bonds. The molecule has 0 radical (unpaired) electrons. The standard InChI is InChI=1S/C32H34O8/c1-5-9-15-11-19-17(7-3)27(35)29(37)21(13-33)25(19)31(39)23(15)24-16(10-6-2)12-20-18(8-4)28(36)30(38)22(14-34)26(20)32(24)40/h11-14,35-40H,5-10H2,1-4H3. The van der Waals surface area contributed by atoms with E-state index in [1.807, 2.05) is 13.8 Å². The number of aryl methyl sites for hydroxylation is 4. The Morgan fingerprint density at radius 1 is 0.550 bits per heavy atom. The van der Waals surface area contributed by atoms with Crippen LogP contribution in [0.5, 0.6) is 34.5 Å². The van der Waals surface area contributed by atoms with E-state index in [0.29, 0.717) is 84.1 Å². The normalized spacial score (nSPS) is 11.4. The smallest absolute Gasteiger partial charge is 0.169 e. The van der Waals surface area contributed by atoms with Crippen LogP contribution in [-0.4, -0.2) is 43.2 Å². The molecule has 40 heavy (non-hydrogen) atoms. The average Bonchev–Trinajstić information content (AvgIpc) is 2.93. The van der Waals surface area contributed by atoms with Crippen LogP contribution in [-0.2, 0) is 25.7 Å². The van der Waals surface area contributed by atoms with E-state index in [2.05, 4.69) is 0 Å². The number of phenols is 6. The van der Waals surface area contributed by atoms with Gasteiger partial charge < -0.3 is 30.6 Å². The van der Waals surface area contributed by atoms with Gasteiger partial charge in [0.15, 0.2) is 35.6 Å². The first-order valence-electron chi connectivity index (χ1n) is 13.5. The first kappa shape index (κ1) is 28.5. The van der Waals surface area contributed by atoms with E-state index in [4.69, 9.17) is 0 Å². The Hall–Kier alpha value is -4.46. The van der Waals surface area contributed by atoms with Gasteiger partial charge in [0.1, 0.15) is 11.5 Å². The van der Waals surface area contributed by atoms with E-state index in [9.17, 15) is 40.2 Å². The lowest BCUT2D eigenvalue weighted by Crippen LogP contribution is -2.02. The van der Waals surface area contributed by atoms with Gasteiger partial charge in [0.2, 0.25) is 0 Å². The third-order valence-electron chi connectivity index (χ3n) is 7.72. The molecule has 8 heteroatoms. The molecule has 0 aliphatic carbocycles. The van der Waals surface area contributed by atoms with Gasteiger partial charge in [-0.3, -0.25) is 9.59 Å². The molecule has 0 aliphatic heterocycles. The third kappa shape index (κ3) is 4.06. The SMILES string of the molecule is CCCc1cc2c(CC)c(O)c(O)c(C=O)c2c(O)c1-c1c(CCC)cc2c(CC)c(O)c(O)c(C=O)c2c1O. The van der Waals surface area contributed by atoms with Gasteiger partial charge in [0, 0.05) is 33.0 Å². The molecule has 0 heterocycles. The van der Waals surface area contributed by atoms with Gasteiger partial charge in [0.05, 0.1) is 11.1 Å². The zero-order valence-corrected chi connectivity index (χ0v) is 23.1. The highest BCUT2D eigenvalue weighted by atomic mass is 16.3. The zero-order valence-electron chi connectivity index (χ0n) is 23.1. The monoisotopic (exact) mass is 546 g/mol. The van der Waals surface area contributed by atoms with Crippen LogP contribution in [0, 0.1) is 0 Å². The molecule has 0 fully saturated rings. The maximum atomic E-state index is 12.1. The number of phenolic OH excluding ortho intramolecular Hbond substituents is 6. The van der Waals surface area contributed by atoms with Crippen molar-refractivity contribution in [1.82, 2.24) is 0 Å². The van der Waals surface area contributed by atoms with Gasteiger partial charge in [-0.1, -0.05) is 40.5 Å². The summed E-state index contributed by atoms with van der Waals surface area (Å²) < 4.78 is 0. The van der Waals surface area contributed by atoms with Crippen LogP contribution in [0.15, 0.2) is 12.1 Å². The third-order valence-corrected chi connectivity index (χ3v) is 7.72. The first-order chi connectivity index (χ1) is 19.1. The number of benzene rings is 4. The van der Waals surface area contributed by atoms with Crippen LogP contribution >= 0.6 is 0 Å². The van der Waals surface area contributed by atoms with Crippen molar-refractivity contribution in [3.8, 4) is 45.6 Å². The van der Waals surface area contributed by atoms with E-state index in [1.54, 1.807) is 26.0 Å². The summed E-state index contributed by atoms with van der Waals surface area (Å²) >= 11 is 0. The Bertz CT molecular complexity index is 1560. The molecule has 4 aromatic carbocycles. The van der Waals surface area contributed by atoms with E-state index in [-0.39, 0.29) is 44.5 Å². The summed E-state index contributed by atoms with van der Waals surface area (Å²) in [7, 11) is 0. The van der Waals surface area contributed by atoms with E-state index in [0.717, 1.165) is 0 Å². The fourth-order valence-corrected chi connectivity index (χ4v) is 5.94. The van der Waals surface area contributed by atoms with Crippen molar-refractivity contribution in [2.24, 2.45) is 0 Å². The molecular weight excluding hydrogens is 512 g/mol. The summed E-state index contributed by atoms with van der Waals surface area (Å²) in [6.07, 6.45) is 3.61. The lowest BCUT2D eigenvalue weighted by atomic mass is 9.82. The molecule has 0 saturated heterocycles. The number of hydrogen-bond donors (Lipinski definition) is 6. The van der Waals surface area contributed by atoms with Crippen LogP contribution in [0.3, 0.4) is 0 Å². The van der Waals surface area contributed by atoms with Crippen LogP contribution in [0.25, 0.3) is 32.7 Å². The lowest BCUT2D eigenvalue weighted by Gasteiger charge is -2.23. The molecule has 0 atom stereocenters. The minimum absolute atomic E-state index is 0.0392. The summed E-state index contributed by atoms with van der Waals surface area (Å²) in [4.78, 5) is 24.2. The van der Waals surface area contributed by atoms with Gasteiger partial charge in [-0.15, -0.1) is 0 Å². The lowest BCUT2D eigenvalue weighted by molar-refractivity contribution is 0.111. The Labute approximate surface area is 231 Å². The molecule has 0 unspecified atom stereocenters. The molecule has 0 spiro atoms. The predicted molar refractivity (Wildman–Crippen MR) is 154 cm³/mol. The first-order valence-corrected chi connectivity index (χ1v) is 13.5. The number of rotatable bonds is 9. The Kier molecular flexibility index (Phi) is 7.82. The maximum absolute atomic E-state index is 12.1. The molecular formula is C32H34O8. The molecule has 0 saturated carbocycles. The van der Waals surface area contributed by atoms with Gasteiger partial charge in [-0.05, 0) is 59.7 Å². The van der Waals surface area contributed by atoms with Crippen LogP contribution < -0.4 is 0 Å². The van der Waals surface area contributed by atoms with Gasteiger partial charge in [-0.2, -0.15) is 0 Å². The summed E-state index contributed by atoms with van der Waals surface area (Å²) in [5.74, 6) is -2.85. The molecule has 6 N–H and O–H groups in total. The van der Waals surface area contributed by atoms with Gasteiger partial charge >= 0.3 is 0 Å². The molecule has 210 valence electrons. The number of hydrogen-bond acceptors (Lipinski definition) is 8. The fourth-order valence-electron chi connectivity index (χ4n) is 5.94. The van der Waals surface area contributed by atoms with Gasteiger partial charge in [0.25, 0.3) is 0 Å². The predicted octanol–water partition coefficient (Wildman–Crippen LogP) is 6.55. The largest absolute Gasteiger partial charge is 0.507 e. The van der Waals surface area contributed by atoms with Crippen molar-refractivity contribution in [3.05, 3.63) is 45.5 Å². The van der Waals surface area contributed by atoms with E-state index in [1.165, 1.54) is 0 Å². The highest BCUT2D eigenvalue weighted by molar-refractivity contribution is 6.14. The van der Waals surface area contributed by atoms with Crippen LogP contribution in [0.1, 0.15) is 83.5 Å². The maximum Gasteiger partial charge on any atom is 0.169 e. The second-order valence-electron chi connectivity index (χ2n) is 9.99. The van der Waals surface area contributed by atoms with Crippen molar-refractivity contribution < 1.29 is 40.2 Å². The van der Waals surface area contributed by atoms with E-state index >= 15 is 0 Å². The summed E-state index contributed by atoms with van der Waals surface area (Å²) in [5.41, 5.74) is 1.88. The molecule has 8 nitrogen and oxygen atoms in total. The Morgan fingerprint density at radius 2 is 0.900 bits per heavy atom. The number of carbonyl (C=O) groups excluding carboxylic acids is 2. The van der Waals surface area contributed by atoms with Crippen molar-refractivity contribution in [2.75, 3.05) is 0 Å². The topological polar surface area (TPSA) is 156 Å². The van der Waals surface area contributed by atoms with Crippen LogP contribution in [0.2, 0.25) is 0 Å². The Morgan fingerprint density at radius 3 is 1.18 bits per heavy atom. The number of fused-ring (bicyclic) bond motifs is 2. The van der Waals surface area contributed by atoms with E-state index < -0.39 is 23.0 Å². The summed E-state index contributed by atoms with van der Waals surface area (Å²) in [6.45, 7) is 7.45. The average molecular weight is 547 g/mol. The number of aldehydes is 2. The number of aromatic hydroxyl groups is 6. The Balaban J connectivity index is 2.33. The van der Waals surface area contributed by atoms with Gasteiger partial charge in [-0.25, -0.2) is 0 Å². The molecule has 0 aliphatic rings. The second kappa shape index (κ2) is 11.0. The minimum Gasteiger partial charge on any atom is -0.507 e. The fraction of sp³-hybridized carbons (Fsp3) is 0.312. The molecule has 4 rings (SSSR count). The van der Waals surface area contributed by atoms with Crippen molar-refractivity contribution >= 4 is 34.1 Å². The summed E-state index contributed by atoms with van der Waals surface area (Å²) in [5, 5.41) is 67.2. The zero-order chi connectivity index (χ0) is 29.5. The molecule has 0 aromatic heterocycles. The minimum atomic E-state index is -0.642. The van der Waals surface area contributed by atoms with Crippen molar-refractivity contribution in [3.63, 3.8) is 0 Å². The highest BCUT2D eigenvalue weighted by Crippen LogP contribution is 2.53.